The molecule has 34 heavy (non-hydrogen) atoms. The van der Waals surface area contributed by atoms with Gasteiger partial charge in [0.15, 0.2) is 0 Å². The van der Waals surface area contributed by atoms with Crippen molar-refractivity contribution in [2.24, 2.45) is 0 Å². The number of halogens is 3. The van der Waals surface area contributed by atoms with Crippen molar-refractivity contribution in [3.63, 3.8) is 0 Å². The smallest absolute Gasteiger partial charge is 0.334 e. The van der Waals surface area contributed by atoms with E-state index in [2.05, 4.69) is 20.3 Å². The summed E-state index contributed by atoms with van der Waals surface area (Å²) in [6, 6.07) is 11.2. The van der Waals surface area contributed by atoms with E-state index in [0.29, 0.717) is 17.8 Å². The van der Waals surface area contributed by atoms with Crippen LogP contribution in [0.15, 0.2) is 82.8 Å². The summed E-state index contributed by atoms with van der Waals surface area (Å²) in [5, 5.41) is 5.15. The third-order valence-corrected chi connectivity index (χ3v) is 7.22. The van der Waals surface area contributed by atoms with Crippen molar-refractivity contribution in [1.29, 1.82) is 0 Å². The highest BCUT2D eigenvalue weighted by Gasteiger charge is 2.46. The lowest BCUT2D eigenvalue weighted by Gasteiger charge is -2.11. The van der Waals surface area contributed by atoms with Gasteiger partial charge in [0, 0.05) is 30.3 Å². The van der Waals surface area contributed by atoms with E-state index in [-0.39, 0.29) is 17.1 Å². The molecule has 0 bridgehead atoms. The van der Waals surface area contributed by atoms with Crippen LogP contribution in [0.1, 0.15) is 5.56 Å². The first kappa shape index (κ1) is 25.0. The zero-order valence-electron chi connectivity index (χ0n) is 17.1. The van der Waals surface area contributed by atoms with Crippen LogP contribution >= 0.6 is 0 Å². The number of urea groups is 1. The standard InChI is InChI=1S/C20H17F3N4O5S2/c21-20(22,23)33(29,30)17-7-5-16(6-8-17)27-34(31,32)18-9-3-15(4-10-18)26-19(28)25-13-14-2-1-11-24-12-14/h1-12,27H,13H2,(H2,25,26,28). The molecule has 2 amide bonds. The molecule has 1 heterocycles. The van der Waals surface area contributed by atoms with Crippen molar-refractivity contribution in [3.8, 4) is 0 Å². The van der Waals surface area contributed by atoms with Gasteiger partial charge in [0.1, 0.15) is 0 Å². The van der Waals surface area contributed by atoms with Gasteiger partial charge in [-0.2, -0.15) is 13.2 Å². The van der Waals surface area contributed by atoms with E-state index in [9.17, 15) is 34.8 Å². The highest BCUT2D eigenvalue weighted by atomic mass is 32.2. The fourth-order valence-electron chi connectivity index (χ4n) is 2.63. The van der Waals surface area contributed by atoms with Crippen molar-refractivity contribution >= 4 is 37.3 Å². The monoisotopic (exact) mass is 514 g/mol. The normalized spacial score (nSPS) is 12.1. The summed E-state index contributed by atoms with van der Waals surface area (Å²) >= 11 is 0. The number of anilines is 2. The first-order chi connectivity index (χ1) is 15.9. The van der Waals surface area contributed by atoms with Gasteiger partial charge in [0.2, 0.25) is 0 Å². The highest BCUT2D eigenvalue weighted by Crippen LogP contribution is 2.31. The van der Waals surface area contributed by atoms with Crippen LogP contribution in [0.25, 0.3) is 0 Å². The summed E-state index contributed by atoms with van der Waals surface area (Å²) < 4.78 is 87.8. The van der Waals surface area contributed by atoms with Crippen molar-refractivity contribution in [2.75, 3.05) is 10.0 Å². The number of nitrogens with one attached hydrogen (secondary N) is 3. The third-order valence-electron chi connectivity index (χ3n) is 4.32. The van der Waals surface area contributed by atoms with Gasteiger partial charge in [0.05, 0.1) is 9.79 Å². The van der Waals surface area contributed by atoms with E-state index < -0.39 is 36.3 Å². The van der Waals surface area contributed by atoms with Crippen LogP contribution in [0.5, 0.6) is 0 Å². The summed E-state index contributed by atoms with van der Waals surface area (Å²) in [6.07, 6.45) is 3.19. The molecule has 3 rings (SSSR count). The molecule has 3 N–H and O–H groups in total. The number of carbonyl (C=O) groups excluding carboxylic acids is 1. The number of hydrogen-bond donors (Lipinski definition) is 3. The molecule has 3 aromatic rings. The van der Waals surface area contributed by atoms with Crippen molar-refractivity contribution in [3.05, 3.63) is 78.6 Å². The number of rotatable bonds is 7. The molecular weight excluding hydrogens is 497 g/mol. The number of alkyl halides is 3. The van der Waals surface area contributed by atoms with E-state index in [0.717, 1.165) is 17.7 Å². The van der Waals surface area contributed by atoms with Gasteiger partial charge >= 0.3 is 11.5 Å². The minimum Gasteiger partial charge on any atom is -0.334 e. The molecule has 0 aliphatic heterocycles. The summed E-state index contributed by atoms with van der Waals surface area (Å²) in [7, 11) is -9.68. The molecule has 9 nitrogen and oxygen atoms in total. The minimum absolute atomic E-state index is 0.141. The number of amides is 2. The minimum atomic E-state index is -5.54. The van der Waals surface area contributed by atoms with E-state index in [1.165, 1.54) is 24.3 Å². The Morgan fingerprint density at radius 2 is 1.44 bits per heavy atom. The number of pyridine rings is 1. The molecule has 0 unspecified atom stereocenters. The zero-order chi connectivity index (χ0) is 25.0. The topological polar surface area (TPSA) is 134 Å². The second kappa shape index (κ2) is 9.69. The summed E-state index contributed by atoms with van der Waals surface area (Å²) in [5.41, 5.74) is -4.52. The Labute approximate surface area is 193 Å². The lowest BCUT2D eigenvalue weighted by atomic mass is 10.3. The number of hydrogen-bond acceptors (Lipinski definition) is 6. The Morgan fingerprint density at radius 1 is 0.853 bits per heavy atom. The summed E-state index contributed by atoms with van der Waals surface area (Å²) in [5.74, 6) is 0. The Morgan fingerprint density at radius 3 is 2.00 bits per heavy atom. The van der Waals surface area contributed by atoms with Crippen LogP contribution in [0, 0.1) is 0 Å². The SMILES string of the molecule is O=C(NCc1cccnc1)Nc1ccc(S(=O)(=O)Nc2ccc(S(=O)(=O)C(F)(F)F)cc2)cc1. The van der Waals surface area contributed by atoms with Crippen molar-refractivity contribution in [1.82, 2.24) is 10.3 Å². The van der Waals surface area contributed by atoms with Crippen LogP contribution in [0.2, 0.25) is 0 Å². The maximum absolute atomic E-state index is 12.6. The molecule has 0 atom stereocenters. The maximum Gasteiger partial charge on any atom is 0.501 e. The molecule has 0 aliphatic carbocycles. The molecule has 180 valence electrons. The second-order valence-electron chi connectivity index (χ2n) is 6.77. The average Bonchev–Trinajstić information content (AvgIpc) is 2.78. The molecule has 0 saturated heterocycles. The van der Waals surface area contributed by atoms with E-state index >= 15 is 0 Å². The quantitative estimate of drug-likeness (QED) is 0.442. The number of aromatic nitrogens is 1. The van der Waals surface area contributed by atoms with Crippen LogP contribution in [0.3, 0.4) is 0 Å². The van der Waals surface area contributed by atoms with Crippen molar-refractivity contribution < 1.29 is 34.8 Å². The molecule has 14 heteroatoms. The van der Waals surface area contributed by atoms with Crippen LogP contribution in [-0.4, -0.2) is 33.4 Å². The maximum atomic E-state index is 12.6. The molecule has 2 aromatic carbocycles. The number of sulfone groups is 1. The predicted molar refractivity (Wildman–Crippen MR) is 117 cm³/mol. The summed E-state index contributed by atoms with van der Waals surface area (Å²) in [4.78, 5) is 14.7. The van der Waals surface area contributed by atoms with E-state index in [4.69, 9.17) is 0 Å². The summed E-state index contributed by atoms with van der Waals surface area (Å²) in [6.45, 7) is 0.235. The number of benzene rings is 2. The lowest BCUT2D eigenvalue weighted by molar-refractivity contribution is -0.0436. The number of carbonyl (C=O) groups is 1. The van der Waals surface area contributed by atoms with Gasteiger partial charge in [-0.25, -0.2) is 21.6 Å². The Kier molecular flexibility index (Phi) is 7.12. The van der Waals surface area contributed by atoms with Gasteiger partial charge in [0.25, 0.3) is 19.9 Å². The largest absolute Gasteiger partial charge is 0.501 e. The molecule has 0 spiro atoms. The Bertz CT molecular complexity index is 1360. The number of nitrogens with zero attached hydrogens (tertiary/aromatic N) is 1. The molecule has 0 aliphatic rings. The zero-order valence-corrected chi connectivity index (χ0v) is 18.7. The van der Waals surface area contributed by atoms with E-state index in [1.54, 1.807) is 24.5 Å². The predicted octanol–water partition coefficient (Wildman–Crippen LogP) is 3.50. The van der Waals surface area contributed by atoms with Gasteiger partial charge in [-0.15, -0.1) is 0 Å². The van der Waals surface area contributed by atoms with Gasteiger partial charge in [-0.1, -0.05) is 6.07 Å². The van der Waals surface area contributed by atoms with E-state index in [1.807, 2.05) is 0 Å². The second-order valence-corrected chi connectivity index (χ2v) is 10.4. The first-order valence-corrected chi connectivity index (χ1v) is 12.3. The molecule has 1 aromatic heterocycles. The fraction of sp³-hybridized carbons (Fsp3) is 0.100. The third kappa shape index (κ3) is 6.02. The fourth-order valence-corrected chi connectivity index (χ4v) is 4.45. The van der Waals surface area contributed by atoms with Crippen LogP contribution in [0.4, 0.5) is 29.3 Å². The van der Waals surface area contributed by atoms with Gasteiger partial charge in [-0.3, -0.25) is 9.71 Å². The molecule has 0 fully saturated rings. The van der Waals surface area contributed by atoms with Crippen LogP contribution < -0.4 is 15.4 Å². The van der Waals surface area contributed by atoms with Crippen LogP contribution in [-0.2, 0) is 26.4 Å². The Hall–Kier alpha value is -3.65. The Balaban J connectivity index is 1.63. The highest BCUT2D eigenvalue weighted by molar-refractivity contribution is 7.93. The molecule has 0 radical (unpaired) electrons. The van der Waals surface area contributed by atoms with Gasteiger partial charge < -0.3 is 10.6 Å². The lowest BCUT2D eigenvalue weighted by Crippen LogP contribution is -2.28. The molecular formula is C20H17F3N4O5S2. The average molecular weight is 515 g/mol. The first-order valence-electron chi connectivity index (χ1n) is 9.36. The van der Waals surface area contributed by atoms with Gasteiger partial charge in [-0.05, 0) is 60.2 Å². The van der Waals surface area contributed by atoms with Crippen molar-refractivity contribution in [2.45, 2.75) is 21.8 Å². The number of sulfonamides is 1. The molecule has 0 saturated carbocycles.